The molecule has 3 aromatic rings. The van der Waals surface area contributed by atoms with Crippen LogP contribution in [0, 0.1) is 20.8 Å². The Morgan fingerprint density at radius 3 is 2.43 bits per heavy atom. The van der Waals surface area contributed by atoms with E-state index < -0.39 is 21.5 Å². The summed E-state index contributed by atoms with van der Waals surface area (Å²) >= 11 is 0. The summed E-state index contributed by atoms with van der Waals surface area (Å²) < 4.78 is 39.7. The summed E-state index contributed by atoms with van der Waals surface area (Å²) in [5.74, 6) is -0.345. The lowest BCUT2D eigenvalue weighted by Crippen LogP contribution is -2.31. The molecule has 3 heterocycles. The van der Waals surface area contributed by atoms with Crippen molar-refractivity contribution in [2.24, 2.45) is 0 Å². The molecule has 3 N–H and O–H groups in total. The number of carbonyl (C=O) groups is 1. The zero-order chi connectivity index (χ0) is 27.0. The fourth-order valence-corrected chi connectivity index (χ4v) is 5.21. The van der Waals surface area contributed by atoms with Gasteiger partial charge in [-0.15, -0.1) is 0 Å². The number of amides is 1. The van der Waals surface area contributed by atoms with Gasteiger partial charge in [-0.25, -0.2) is 14.7 Å². The van der Waals surface area contributed by atoms with Crippen molar-refractivity contribution < 1.29 is 22.7 Å². The third-order valence-corrected chi connectivity index (χ3v) is 7.08. The smallest absolute Gasteiger partial charge is 0.281 e. The third kappa shape index (κ3) is 5.98. The summed E-state index contributed by atoms with van der Waals surface area (Å²) in [7, 11) is -4.29. The predicted octanol–water partition coefficient (Wildman–Crippen LogP) is 4.48. The van der Waals surface area contributed by atoms with Crippen molar-refractivity contribution >= 4 is 27.3 Å². The number of ether oxygens (including phenoxy) is 2. The number of sulfonamides is 1. The van der Waals surface area contributed by atoms with Gasteiger partial charge in [0.15, 0.2) is 5.03 Å². The number of benzene rings is 1. The number of rotatable bonds is 6. The van der Waals surface area contributed by atoms with E-state index in [9.17, 15) is 13.2 Å². The average molecular weight is 523 g/mol. The van der Waals surface area contributed by atoms with Crippen molar-refractivity contribution in [2.45, 2.75) is 51.7 Å². The Bertz CT molecular complexity index is 1490. The van der Waals surface area contributed by atoms with Gasteiger partial charge >= 0.3 is 0 Å². The second kappa shape index (κ2) is 9.95. The fraction of sp³-hybridized carbons (Fsp3) is 0.296. The van der Waals surface area contributed by atoms with Crippen molar-refractivity contribution in [3.8, 4) is 11.6 Å². The van der Waals surface area contributed by atoms with E-state index in [2.05, 4.69) is 14.7 Å². The van der Waals surface area contributed by atoms with E-state index in [0.29, 0.717) is 24.5 Å². The molecule has 2 aromatic heterocycles. The number of hydrogen-bond donors (Lipinski definition) is 2. The zero-order valence-corrected chi connectivity index (χ0v) is 22.3. The van der Waals surface area contributed by atoms with Gasteiger partial charge in [-0.3, -0.25) is 4.79 Å². The van der Waals surface area contributed by atoms with E-state index in [1.54, 1.807) is 6.07 Å². The molecule has 0 unspecified atom stereocenters. The fourth-order valence-electron chi connectivity index (χ4n) is 4.26. The van der Waals surface area contributed by atoms with Gasteiger partial charge in [0.1, 0.15) is 17.1 Å². The summed E-state index contributed by atoms with van der Waals surface area (Å²) in [6.45, 7) is 10.2. The van der Waals surface area contributed by atoms with Crippen LogP contribution in [0.5, 0.6) is 11.6 Å². The molecule has 1 amide bonds. The monoisotopic (exact) mass is 522 g/mol. The molecule has 0 aliphatic carbocycles. The number of anilines is 1. The molecule has 0 atom stereocenters. The minimum atomic E-state index is -4.29. The maximum atomic E-state index is 13.2. The van der Waals surface area contributed by atoms with E-state index in [-0.39, 0.29) is 22.3 Å². The highest BCUT2D eigenvalue weighted by Gasteiger charge is 2.27. The standard InChI is InChI=1S/C27H30N4O5S/c1-16-13-17(2)24(18(3)14-16)36-26-20(9-10-21(29-26)19-11-12-35-27(4,5)15-19)25(32)31-37(33,34)23-8-6-7-22(28)30-23/h6-10,13-15H,11-12H2,1-5H3,(H2,28,30)(H,31,32). The lowest BCUT2D eigenvalue weighted by atomic mass is 9.97. The zero-order valence-electron chi connectivity index (χ0n) is 21.5. The van der Waals surface area contributed by atoms with Gasteiger partial charge in [0, 0.05) is 0 Å². The van der Waals surface area contributed by atoms with Crippen LogP contribution in [0.4, 0.5) is 5.82 Å². The average Bonchev–Trinajstić information content (AvgIpc) is 2.80. The number of nitrogens with two attached hydrogens (primary N) is 1. The number of nitrogens with zero attached hydrogens (tertiary/aromatic N) is 2. The molecule has 1 aliphatic rings. The highest BCUT2D eigenvalue weighted by Crippen LogP contribution is 2.34. The molecule has 0 saturated heterocycles. The topological polar surface area (TPSA) is 134 Å². The van der Waals surface area contributed by atoms with E-state index in [1.165, 1.54) is 24.3 Å². The molecular weight excluding hydrogens is 492 g/mol. The Morgan fingerprint density at radius 1 is 1.08 bits per heavy atom. The quantitative estimate of drug-likeness (QED) is 0.484. The van der Waals surface area contributed by atoms with Crippen LogP contribution in [0.1, 0.15) is 53.0 Å². The summed E-state index contributed by atoms with van der Waals surface area (Å²) in [4.78, 5) is 21.7. The summed E-state index contributed by atoms with van der Waals surface area (Å²) in [6.07, 6.45) is 2.63. The third-order valence-electron chi connectivity index (χ3n) is 5.85. The van der Waals surface area contributed by atoms with E-state index in [4.69, 9.17) is 15.2 Å². The summed E-state index contributed by atoms with van der Waals surface area (Å²) in [5, 5.41) is -0.368. The number of aromatic nitrogens is 2. The first-order chi connectivity index (χ1) is 17.3. The molecule has 0 radical (unpaired) electrons. The SMILES string of the molecule is Cc1cc(C)c(Oc2nc(C3=CC(C)(C)OCC3)ccc2C(=O)NS(=O)(=O)c2cccc(N)n2)c(C)c1. The minimum absolute atomic E-state index is 0.00835. The molecule has 0 fully saturated rings. The lowest BCUT2D eigenvalue weighted by molar-refractivity contribution is 0.0164. The van der Waals surface area contributed by atoms with Crippen LogP contribution in [-0.4, -0.2) is 36.5 Å². The van der Waals surface area contributed by atoms with Gasteiger partial charge in [-0.1, -0.05) is 23.8 Å². The first-order valence-electron chi connectivity index (χ1n) is 11.8. The van der Waals surface area contributed by atoms with Crippen molar-refractivity contribution in [2.75, 3.05) is 12.3 Å². The van der Waals surface area contributed by atoms with Crippen LogP contribution in [0.15, 0.2) is 53.6 Å². The number of hydrogen-bond acceptors (Lipinski definition) is 8. The van der Waals surface area contributed by atoms with E-state index in [1.807, 2.05) is 52.8 Å². The van der Waals surface area contributed by atoms with Gasteiger partial charge < -0.3 is 15.2 Å². The van der Waals surface area contributed by atoms with Crippen LogP contribution >= 0.6 is 0 Å². The molecule has 0 bridgehead atoms. The summed E-state index contributed by atoms with van der Waals surface area (Å²) in [5.41, 5.74) is 9.47. The Morgan fingerprint density at radius 2 is 1.78 bits per heavy atom. The molecule has 0 spiro atoms. The molecular formula is C27H30N4O5S. The Balaban J connectivity index is 1.77. The minimum Gasteiger partial charge on any atom is -0.438 e. The van der Waals surface area contributed by atoms with Crippen LogP contribution in [0.2, 0.25) is 0 Å². The van der Waals surface area contributed by atoms with Crippen LogP contribution in [-0.2, 0) is 14.8 Å². The highest BCUT2D eigenvalue weighted by atomic mass is 32.2. The molecule has 9 nitrogen and oxygen atoms in total. The van der Waals surface area contributed by atoms with Crippen molar-refractivity contribution in [1.82, 2.24) is 14.7 Å². The van der Waals surface area contributed by atoms with Gasteiger partial charge in [-0.2, -0.15) is 8.42 Å². The number of pyridine rings is 2. The maximum Gasteiger partial charge on any atom is 0.281 e. The molecule has 1 aliphatic heterocycles. The second-order valence-electron chi connectivity index (χ2n) is 9.59. The molecule has 1 aromatic carbocycles. The van der Waals surface area contributed by atoms with Gasteiger partial charge in [0.2, 0.25) is 5.88 Å². The molecule has 0 saturated carbocycles. The molecule has 4 rings (SSSR count). The molecule has 37 heavy (non-hydrogen) atoms. The number of carbonyl (C=O) groups excluding carboxylic acids is 1. The predicted molar refractivity (Wildman–Crippen MR) is 141 cm³/mol. The number of aryl methyl sites for hydroxylation is 3. The van der Waals surface area contributed by atoms with Crippen LogP contribution in [0.3, 0.4) is 0 Å². The second-order valence-corrected chi connectivity index (χ2v) is 11.2. The summed E-state index contributed by atoms with van der Waals surface area (Å²) in [6, 6.07) is 11.3. The Kier molecular flexibility index (Phi) is 7.07. The molecule has 10 heteroatoms. The van der Waals surface area contributed by atoms with Crippen LogP contribution in [0.25, 0.3) is 5.57 Å². The normalized spacial score (nSPS) is 15.1. The van der Waals surface area contributed by atoms with Crippen molar-refractivity contribution in [3.63, 3.8) is 0 Å². The number of nitrogens with one attached hydrogen (secondary N) is 1. The number of nitrogen functional groups attached to an aromatic ring is 1. The van der Waals surface area contributed by atoms with Gasteiger partial charge in [0.05, 0.1) is 17.9 Å². The van der Waals surface area contributed by atoms with Gasteiger partial charge in [0.25, 0.3) is 15.9 Å². The van der Waals surface area contributed by atoms with Crippen molar-refractivity contribution in [1.29, 1.82) is 0 Å². The maximum absolute atomic E-state index is 13.2. The van der Waals surface area contributed by atoms with E-state index >= 15 is 0 Å². The van der Waals surface area contributed by atoms with Crippen molar-refractivity contribution in [3.05, 3.63) is 76.5 Å². The lowest BCUT2D eigenvalue weighted by Gasteiger charge is -2.28. The first kappa shape index (κ1) is 26.3. The Hall–Kier alpha value is -3.76. The first-order valence-corrected chi connectivity index (χ1v) is 13.3. The largest absolute Gasteiger partial charge is 0.438 e. The Labute approximate surface area is 216 Å². The van der Waals surface area contributed by atoms with Crippen LogP contribution < -0.4 is 15.2 Å². The molecule has 194 valence electrons. The van der Waals surface area contributed by atoms with E-state index in [0.717, 1.165) is 22.3 Å². The van der Waals surface area contributed by atoms with Gasteiger partial charge in [-0.05, 0) is 88.1 Å². The highest BCUT2D eigenvalue weighted by molar-refractivity contribution is 7.90.